The Balaban J connectivity index is 1.87. The van der Waals surface area contributed by atoms with E-state index in [1.807, 2.05) is 24.6 Å². The highest BCUT2D eigenvalue weighted by molar-refractivity contribution is 9.10. The molecule has 0 fully saturated rings. The Morgan fingerprint density at radius 1 is 1.09 bits per heavy atom. The standard InChI is InChI=1S/C18H22BrN3O/c1-11-13(3)21(17-8-6-5-7-16(11)17)9-15(23)10-22-14(4)18(19)12(2)20-22/h5-8,15,23H,9-10H2,1-4H3/t15-/m0/s1. The Morgan fingerprint density at radius 3 is 2.43 bits per heavy atom. The molecule has 4 nitrogen and oxygen atoms in total. The number of aliphatic hydroxyl groups excluding tert-OH is 1. The van der Waals surface area contributed by atoms with Crippen LogP contribution in [-0.4, -0.2) is 25.6 Å². The molecule has 0 radical (unpaired) electrons. The molecule has 122 valence electrons. The van der Waals surface area contributed by atoms with Crippen molar-refractivity contribution in [1.29, 1.82) is 0 Å². The molecule has 0 unspecified atom stereocenters. The van der Waals surface area contributed by atoms with E-state index in [9.17, 15) is 5.11 Å². The van der Waals surface area contributed by atoms with E-state index < -0.39 is 6.10 Å². The van der Waals surface area contributed by atoms with Gasteiger partial charge < -0.3 is 9.67 Å². The number of hydrogen-bond acceptors (Lipinski definition) is 2. The minimum Gasteiger partial charge on any atom is -0.389 e. The molecular weight excluding hydrogens is 354 g/mol. The van der Waals surface area contributed by atoms with E-state index in [4.69, 9.17) is 0 Å². The Hall–Kier alpha value is -1.59. The summed E-state index contributed by atoms with van der Waals surface area (Å²) in [5.41, 5.74) is 5.66. The van der Waals surface area contributed by atoms with Crippen LogP contribution in [0.15, 0.2) is 28.7 Å². The van der Waals surface area contributed by atoms with Gasteiger partial charge in [0.25, 0.3) is 0 Å². The van der Waals surface area contributed by atoms with Crippen molar-refractivity contribution in [2.24, 2.45) is 0 Å². The highest BCUT2D eigenvalue weighted by Gasteiger charge is 2.16. The molecular formula is C18H22BrN3O. The maximum Gasteiger partial charge on any atom is 0.0914 e. The molecule has 0 bridgehead atoms. The van der Waals surface area contributed by atoms with Gasteiger partial charge in [-0.25, -0.2) is 0 Å². The first-order chi connectivity index (χ1) is 10.9. The molecule has 2 heterocycles. The third-order valence-corrected chi connectivity index (χ3v) is 5.76. The van der Waals surface area contributed by atoms with Crippen LogP contribution >= 0.6 is 15.9 Å². The summed E-state index contributed by atoms with van der Waals surface area (Å²) in [7, 11) is 0. The van der Waals surface area contributed by atoms with Gasteiger partial charge >= 0.3 is 0 Å². The van der Waals surface area contributed by atoms with Gasteiger partial charge in [0, 0.05) is 22.3 Å². The van der Waals surface area contributed by atoms with E-state index in [0.717, 1.165) is 15.9 Å². The Labute approximate surface area is 144 Å². The second kappa shape index (κ2) is 6.13. The highest BCUT2D eigenvalue weighted by Crippen LogP contribution is 2.25. The monoisotopic (exact) mass is 375 g/mol. The smallest absolute Gasteiger partial charge is 0.0914 e. The highest BCUT2D eigenvalue weighted by atomic mass is 79.9. The number of para-hydroxylation sites is 1. The summed E-state index contributed by atoms with van der Waals surface area (Å²) < 4.78 is 5.09. The lowest BCUT2D eigenvalue weighted by molar-refractivity contribution is 0.130. The average Bonchev–Trinajstić information content (AvgIpc) is 2.91. The van der Waals surface area contributed by atoms with Crippen LogP contribution in [0.4, 0.5) is 0 Å². The fraction of sp³-hybridized carbons (Fsp3) is 0.389. The molecule has 0 aliphatic heterocycles. The molecule has 0 aliphatic rings. The molecule has 0 saturated carbocycles. The zero-order chi connectivity index (χ0) is 16.7. The van der Waals surface area contributed by atoms with E-state index in [-0.39, 0.29) is 0 Å². The quantitative estimate of drug-likeness (QED) is 0.751. The summed E-state index contributed by atoms with van der Waals surface area (Å²) >= 11 is 3.53. The minimum absolute atomic E-state index is 0.489. The summed E-state index contributed by atoms with van der Waals surface area (Å²) in [4.78, 5) is 0. The third-order valence-electron chi connectivity index (χ3n) is 4.62. The predicted octanol–water partition coefficient (Wildman–Crippen LogP) is 3.90. The van der Waals surface area contributed by atoms with Crippen LogP contribution in [0.5, 0.6) is 0 Å². The molecule has 0 amide bonds. The van der Waals surface area contributed by atoms with E-state index in [1.54, 1.807) is 0 Å². The summed E-state index contributed by atoms with van der Waals surface area (Å²) in [6.07, 6.45) is -0.492. The van der Waals surface area contributed by atoms with E-state index >= 15 is 0 Å². The molecule has 0 spiro atoms. The average molecular weight is 376 g/mol. The van der Waals surface area contributed by atoms with Gasteiger partial charge in [0.1, 0.15) is 0 Å². The zero-order valence-corrected chi connectivity index (χ0v) is 15.6. The number of nitrogens with zero attached hydrogens (tertiary/aromatic N) is 3. The molecule has 3 rings (SSSR count). The first kappa shape index (κ1) is 16.3. The summed E-state index contributed by atoms with van der Waals surface area (Å²) in [6, 6.07) is 8.35. The molecule has 1 N–H and O–H groups in total. The second-order valence-electron chi connectivity index (χ2n) is 6.16. The topological polar surface area (TPSA) is 43.0 Å². The van der Waals surface area contributed by atoms with Crippen molar-refractivity contribution in [3.8, 4) is 0 Å². The molecule has 1 aromatic carbocycles. The zero-order valence-electron chi connectivity index (χ0n) is 14.0. The normalized spacial score (nSPS) is 13.0. The SMILES string of the molecule is Cc1nn(C[C@@H](O)Cn2c(C)c(C)c3ccccc32)c(C)c1Br. The largest absolute Gasteiger partial charge is 0.389 e. The number of halogens is 1. The Morgan fingerprint density at radius 2 is 1.78 bits per heavy atom. The van der Waals surface area contributed by atoms with Crippen LogP contribution in [0.1, 0.15) is 22.6 Å². The third kappa shape index (κ3) is 2.83. The minimum atomic E-state index is -0.492. The first-order valence-electron chi connectivity index (χ1n) is 7.82. The summed E-state index contributed by atoms with van der Waals surface area (Å²) in [5.74, 6) is 0. The lowest BCUT2D eigenvalue weighted by Crippen LogP contribution is -2.24. The van der Waals surface area contributed by atoms with E-state index in [1.165, 1.54) is 22.2 Å². The van der Waals surface area contributed by atoms with Crippen molar-refractivity contribution in [2.75, 3.05) is 0 Å². The van der Waals surface area contributed by atoms with Crippen LogP contribution in [0.25, 0.3) is 10.9 Å². The number of aryl methyl sites for hydroxylation is 2. The van der Waals surface area contributed by atoms with Crippen LogP contribution in [-0.2, 0) is 13.1 Å². The van der Waals surface area contributed by atoms with Crippen LogP contribution in [0.3, 0.4) is 0 Å². The van der Waals surface area contributed by atoms with Crippen molar-refractivity contribution in [3.05, 3.63) is 51.4 Å². The molecule has 0 saturated heterocycles. The van der Waals surface area contributed by atoms with Crippen molar-refractivity contribution in [1.82, 2.24) is 14.3 Å². The molecule has 5 heteroatoms. The van der Waals surface area contributed by atoms with Crippen molar-refractivity contribution < 1.29 is 5.11 Å². The molecule has 2 aromatic heterocycles. The lowest BCUT2D eigenvalue weighted by atomic mass is 10.2. The van der Waals surface area contributed by atoms with Gasteiger partial charge in [-0.3, -0.25) is 4.68 Å². The first-order valence-corrected chi connectivity index (χ1v) is 8.61. The number of rotatable bonds is 4. The van der Waals surface area contributed by atoms with Crippen molar-refractivity contribution in [2.45, 2.75) is 46.9 Å². The van der Waals surface area contributed by atoms with Crippen molar-refractivity contribution >= 4 is 26.8 Å². The maximum absolute atomic E-state index is 10.6. The number of benzene rings is 1. The van der Waals surface area contributed by atoms with Gasteiger partial charge in [0.15, 0.2) is 0 Å². The number of fused-ring (bicyclic) bond motifs is 1. The van der Waals surface area contributed by atoms with Gasteiger partial charge in [0.2, 0.25) is 0 Å². The number of hydrogen-bond donors (Lipinski definition) is 1. The maximum atomic E-state index is 10.6. The van der Waals surface area contributed by atoms with Gasteiger partial charge in [-0.15, -0.1) is 0 Å². The molecule has 1 atom stereocenters. The Kier molecular flexibility index (Phi) is 4.34. The van der Waals surface area contributed by atoms with Crippen molar-refractivity contribution in [3.63, 3.8) is 0 Å². The Bertz CT molecular complexity index is 863. The second-order valence-corrected chi connectivity index (χ2v) is 6.95. The van der Waals surface area contributed by atoms with Gasteiger partial charge in [-0.2, -0.15) is 5.10 Å². The number of aliphatic hydroxyl groups is 1. The summed E-state index contributed by atoms with van der Waals surface area (Å²) in [5, 5.41) is 16.3. The van der Waals surface area contributed by atoms with Gasteiger partial charge in [0.05, 0.1) is 29.4 Å². The predicted molar refractivity (Wildman–Crippen MR) is 96.8 cm³/mol. The fourth-order valence-electron chi connectivity index (χ4n) is 3.16. The molecule has 3 aromatic rings. The van der Waals surface area contributed by atoms with Gasteiger partial charge in [-0.05, 0) is 55.3 Å². The van der Waals surface area contributed by atoms with Crippen LogP contribution in [0.2, 0.25) is 0 Å². The fourth-order valence-corrected chi connectivity index (χ4v) is 3.44. The molecule has 23 heavy (non-hydrogen) atoms. The summed E-state index contributed by atoms with van der Waals surface area (Å²) in [6.45, 7) is 9.28. The number of aromatic nitrogens is 3. The van der Waals surface area contributed by atoms with Crippen LogP contribution < -0.4 is 0 Å². The van der Waals surface area contributed by atoms with E-state index in [2.05, 4.69) is 57.6 Å². The van der Waals surface area contributed by atoms with E-state index in [0.29, 0.717) is 13.1 Å². The van der Waals surface area contributed by atoms with Crippen LogP contribution in [0, 0.1) is 27.7 Å². The lowest BCUT2D eigenvalue weighted by Gasteiger charge is -2.15. The molecule has 0 aliphatic carbocycles. The van der Waals surface area contributed by atoms with Gasteiger partial charge in [-0.1, -0.05) is 18.2 Å².